The molecule has 0 bridgehead atoms. The third-order valence-electron chi connectivity index (χ3n) is 2.65. The summed E-state index contributed by atoms with van der Waals surface area (Å²) >= 11 is 0. The Bertz CT molecular complexity index is 352. The molecular formula is C11H13NO3. The number of benzene rings is 1. The van der Waals surface area contributed by atoms with Gasteiger partial charge in [0.1, 0.15) is 6.04 Å². The van der Waals surface area contributed by atoms with Crippen LogP contribution in [0.15, 0.2) is 30.3 Å². The van der Waals surface area contributed by atoms with E-state index in [1.54, 1.807) is 4.90 Å². The van der Waals surface area contributed by atoms with Gasteiger partial charge in [-0.05, 0) is 12.1 Å². The maximum atomic E-state index is 11.0. The minimum Gasteiger partial charge on any atom is -0.480 e. The third kappa shape index (κ3) is 1.94. The average Bonchev–Trinajstić information content (AvgIpc) is 2.62. The first-order valence-electron chi connectivity index (χ1n) is 4.91. The molecule has 0 amide bonds. The molecule has 0 aliphatic carbocycles. The Morgan fingerprint density at radius 3 is 2.60 bits per heavy atom. The molecule has 0 aromatic heterocycles. The molecule has 1 aromatic carbocycles. The Hall–Kier alpha value is -1.55. The number of hydrogen-bond acceptors (Lipinski definition) is 3. The molecule has 1 aliphatic rings. The van der Waals surface area contributed by atoms with E-state index in [9.17, 15) is 9.90 Å². The summed E-state index contributed by atoms with van der Waals surface area (Å²) in [4.78, 5) is 12.7. The van der Waals surface area contributed by atoms with Gasteiger partial charge >= 0.3 is 5.97 Å². The van der Waals surface area contributed by atoms with E-state index in [2.05, 4.69) is 0 Å². The highest BCUT2D eigenvalue weighted by Crippen LogP contribution is 2.25. The average molecular weight is 207 g/mol. The van der Waals surface area contributed by atoms with Crippen LogP contribution < -0.4 is 4.90 Å². The van der Waals surface area contributed by atoms with Crippen LogP contribution in [-0.2, 0) is 4.79 Å². The summed E-state index contributed by atoms with van der Waals surface area (Å²) in [7, 11) is 0. The van der Waals surface area contributed by atoms with Crippen LogP contribution in [0, 0.1) is 0 Å². The van der Waals surface area contributed by atoms with Crippen LogP contribution in [0.4, 0.5) is 5.69 Å². The molecule has 1 heterocycles. The van der Waals surface area contributed by atoms with E-state index in [0.29, 0.717) is 13.0 Å². The van der Waals surface area contributed by atoms with Crippen molar-refractivity contribution >= 4 is 11.7 Å². The SMILES string of the molecule is O=C(O)C1CC(O)CN1c1ccccc1. The van der Waals surface area contributed by atoms with Gasteiger partial charge in [-0.2, -0.15) is 0 Å². The van der Waals surface area contributed by atoms with Crippen LogP contribution >= 0.6 is 0 Å². The van der Waals surface area contributed by atoms with Gasteiger partial charge in [0.25, 0.3) is 0 Å². The monoisotopic (exact) mass is 207 g/mol. The molecule has 2 atom stereocenters. The van der Waals surface area contributed by atoms with Crippen molar-refractivity contribution in [2.75, 3.05) is 11.4 Å². The van der Waals surface area contributed by atoms with Crippen molar-refractivity contribution in [2.45, 2.75) is 18.6 Å². The highest BCUT2D eigenvalue weighted by molar-refractivity contribution is 5.79. The van der Waals surface area contributed by atoms with Crippen molar-refractivity contribution in [1.29, 1.82) is 0 Å². The summed E-state index contributed by atoms with van der Waals surface area (Å²) < 4.78 is 0. The molecule has 0 saturated carbocycles. The third-order valence-corrected chi connectivity index (χ3v) is 2.65. The van der Waals surface area contributed by atoms with E-state index >= 15 is 0 Å². The van der Waals surface area contributed by atoms with E-state index in [0.717, 1.165) is 5.69 Å². The highest BCUT2D eigenvalue weighted by Gasteiger charge is 2.35. The molecule has 4 heteroatoms. The predicted molar refractivity (Wildman–Crippen MR) is 55.8 cm³/mol. The number of carboxylic acids is 1. The number of carboxylic acid groups (broad SMARTS) is 1. The van der Waals surface area contributed by atoms with Crippen molar-refractivity contribution in [3.63, 3.8) is 0 Å². The Kier molecular flexibility index (Phi) is 2.60. The van der Waals surface area contributed by atoms with Gasteiger partial charge < -0.3 is 15.1 Å². The largest absolute Gasteiger partial charge is 0.480 e. The zero-order valence-corrected chi connectivity index (χ0v) is 8.21. The lowest BCUT2D eigenvalue weighted by Crippen LogP contribution is -2.35. The van der Waals surface area contributed by atoms with Crippen molar-refractivity contribution < 1.29 is 15.0 Å². The van der Waals surface area contributed by atoms with E-state index in [4.69, 9.17) is 5.11 Å². The number of rotatable bonds is 2. The maximum Gasteiger partial charge on any atom is 0.326 e. The first kappa shape index (κ1) is 9.98. The molecule has 1 aromatic rings. The molecular weight excluding hydrogens is 194 g/mol. The topological polar surface area (TPSA) is 60.8 Å². The normalized spacial score (nSPS) is 25.5. The molecule has 0 radical (unpaired) electrons. The maximum absolute atomic E-state index is 11.0. The molecule has 1 fully saturated rings. The fourth-order valence-electron chi connectivity index (χ4n) is 1.95. The molecule has 0 spiro atoms. The number of aliphatic hydroxyl groups is 1. The fraction of sp³-hybridized carbons (Fsp3) is 0.364. The van der Waals surface area contributed by atoms with Gasteiger partial charge in [0.05, 0.1) is 6.10 Å². The second kappa shape index (κ2) is 3.90. The lowest BCUT2D eigenvalue weighted by Gasteiger charge is -2.23. The van der Waals surface area contributed by atoms with Gasteiger partial charge in [-0.25, -0.2) is 4.79 Å². The smallest absolute Gasteiger partial charge is 0.326 e. The molecule has 2 N–H and O–H groups in total. The fourth-order valence-corrected chi connectivity index (χ4v) is 1.95. The van der Waals surface area contributed by atoms with Crippen molar-refractivity contribution in [1.82, 2.24) is 0 Å². The summed E-state index contributed by atoms with van der Waals surface area (Å²) in [5.74, 6) is -0.879. The molecule has 80 valence electrons. The van der Waals surface area contributed by atoms with Crippen molar-refractivity contribution in [2.24, 2.45) is 0 Å². The standard InChI is InChI=1S/C11H13NO3/c13-9-6-10(11(14)15)12(7-9)8-4-2-1-3-5-8/h1-5,9-10,13H,6-7H2,(H,14,15). The first-order valence-corrected chi connectivity index (χ1v) is 4.91. The number of β-amino-alcohol motifs (C(OH)–C–C–N with tert-alkyl or cyclic N) is 1. The molecule has 2 unspecified atom stereocenters. The minimum atomic E-state index is -0.879. The second-order valence-electron chi connectivity index (χ2n) is 3.73. The van der Waals surface area contributed by atoms with Gasteiger partial charge in [-0.1, -0.05) is 18.2 Å². The Morgan fingerprint density at radius 2 is 2.00 bits per heavy atom. The molecule has 1 saturated heterocycles. The summed E-state index contributed by atoms with van der Waals surface area (Å²) in [6.07, 6.45) is -0.254. The van der Waals surface area contributed by atoms with Crippen LogP contribution in [-0.4, -0.2) is 34.9 Å². The molecule has 2 rings (SSSR count). The van der Waals surface area contributed by atoms with Crippen LogP contribution in [0.3, 0.4) is 0 Å². The van der Waals surface area contributed by atoms with Gasteiger partial charge in [-0.15, -0.1) is 0 Å². The van der Waals surface area contributed by atoms with Crippen LogP contribution in [0.1, 0.15) is 6.42 Å². The summed E-state index contributed by atoms with van der Waals surface area (Å²) in [5, 5.41) is 18.5. The zero-order valence-electron chi connectivity index (χ0n) is 8.21. The Labute approximate surface area is 87.8 Å². The summed E-state index contributed by atoms with van der Waals surface area (Å²) in [6.45, 7) is 0.390. The predicted octanol–water partition coefficient (Wildman–Crippen LogP) is 0.711. The quantitative estimate of drug-likeness (QED) is 0.749. The van der Waals surface area contributed by atoms with Gasteiger partial charge in [-0.3, -0.25) is 0 Å². The highest BCUT2D eigenvalue weighted by atomic mass is 16.4. The number of anilines is 1. The van der Waals surface area contributed by atoms with Gasteiger partial charge in [0.2, 0.25) is 0 Å². The Morgan fingerprint density at radius 1 is 1.33 bits per heavy atom. The second-order valence-corrected chi connectivity index (χ2v) is 3.73. The van der Waals surface area contributed by atoms with E-state index in [-0.39, 0.29) is 0 Å². The number of aliphatic hydroxyl groups excluding tert-OH is 1. The molecule has 15 heavy (non-hydrogen) atoms. The van der Waals surface area contributed by atoms with E-state index in [1.165, 1.54) is 0 Å². The molecule has 4 nitrogen and oxygen atoms in total. The van der Waals surface area contributed by atoms with Gasteiger partial charge in [0.15, 0.2) is 0 Å². The number of para-hydroxylation sites is 1. The number of aliphatic carboxylic acids is 1. The van der Waals surface area contributed by atoms with Crippen LogP contribution in [0.5, 0.6) is 0 Å². The Balaban J connectivity index is 2.24. The summed E-state index contributed by atoms with van der Waals surface area (Å²) in [5.41, 5.74) is 0.849. The van der Waals surface area contributed by atoms with E-state index < -0.39 is 18.1 Å². The first-order chi connectivity index (χ1) is 7.18. The minimum absolute atomic E-state index is 0.296. The zero-order chi connectivity index (χ0) is 10.8. The number of nitrogens with zero attached hydrogens (tertiary/aromatic N) is 1. The lowest BCUT2D eigenvalue weighted by atomic mass is 10.2. The number of carbonyl (C=O) groups is 1. The van der Waals surface area contributed by atoms with Crippen LogP contribution in [0.25, 0.3) is 0 Å². The summed E-state index contributed by atoms with van der Waals surface area (Å²) in [6, 6.07) is 8.70. The van der Waals surface area contributed by atoms with Crippen molar-refractivity contribution in [3.05, 3.63) is 30.3 Å². The molecule has 1 aliphatic heterocycles. The number of hydrogen-bond donors (Lipinski definition) is 2. The van der Waals surface area contributed by atoms with E-state index in [1.807, 2.05) is 30.3 Å². The van der Waals surface area contributed by atoms with Crippen LogP contribution in [0.2, 0.25) is 0 Å². The van der Waals surface area contributed by atoms with Crippen molar-refractivity contribution in [3.8, 4) is 0 Å². The lowest BCUT2D eigenvalue weighted by molar-refractivity contribution is -0.138. The van der Waals surface area contributed by atoms with Gasteiger partial charge in [0, 0.05) is 18.7 Å².